The Labute approximate surface area is 95.3 Å². The van der Waals surface area contributed by atoms with Gasteiger partial charge in [0.1, 0.15) is 0 Å². The molecule has 0 unspecified atom stereocenters. The molecular formula is C11H9BrN2O. The van der Waals surface area contributed by atoms with Crippen molar-refractivity contribution >= 4 is 21.6 Å². The van der Waals surface area contributed by atoms with Gasteiger partial charge in [0, 0.05) is 28.1 Å². The Bertz CT molecular complexity index is 531. The van der Waals surface area contributed by atoms with Crippen LogP contribution < -0.4 is 11.3 Å². The van der Waals surface area contributed by atoms with E-state index in [0.717, 1.165) is 10.2 Å². The summed E-state index contributed by atoms with van der Waals surface area (Å²) in [6.45, 7) is 0. The number of nitrogen functional groups attached to an aromatic ring is 1. The highest BCUT2D eigenvalue weighted by molar-refractivity contribution is 9.10. The highest BCUT2D eigenvalue weighted by atomic mass is 79.9. The lowest BCUT2D eigenvalue weighted by Crippen LogP contribution is -2.16. The Kier molecular flexibility index (Phi) is 2.60. The second-order valence-electron chi connectivity index (χ2n) is 3.14. The van der Waals surface area contributed by atoms with Gasteiger partial charge in [0.25, 0.3) is 5.56 Å². The zero-order valence-electron chi connectivity index (χ0n) is 7.85. The number of hydrogen-bond acceptors (Lipinski definition) is 2. The third kappa shape index (κ3) is 2.10. The average molecular weight is 265 g/mol. The predicted molar refractivity (Wildman–Crippen MR) is 64.2 cm³/mol. The van der Waals surface area contributed by atoms with Crippen molar-refractivity contribution < 1.29 is 0 Å². The van der Waals surface area contributed by atoms with E-state index in [1.165, 1.54) is 6.07 Å². The number of nitrogens with zero attached hydrogens (tertiary/aromatic N) is 1. The number of aromatic nitrogens is 1. The molecule has 0 aliphatic heterocycles. The lowest BCUT2D eigenvalue weighted by atomic mass is 10.3. The minimum absolute atomic E-state index is 0.127. The van der Waals surface area contributed by atoms with E-state index in [0.29, 0.717) is 5.69 Å². The van der Waals surface area contributed by atoms with E-state index >= 15 is 0 Å². The van der Waals surface area contributed by atoms with Gasteiger partial charge in [-0.1, -0.05) is 15.9 Å². The standard InChI is InChI=1S/C11H9BrN2O/c12-8-1-3-10(4-2-8)14-6-5-9(13)7-11(14)15/h1-7H,13H2. The molecule has 4 heteroatoms. The van der Waals surface area contributed by atoms with Crippen LogP contribution in [0.1, 0.15) is 0 Å². The number of halogens is 1. The molecule has 1 aromatic heterocycles. The first-order valence-electron chi connectivity index (χ1n) is 4.41. The fraction of sp³-hybridized carbons (Fsp3) is 0. The molecule has 0 spiro atoms. The first-order valence-corrected chi connectivity index (χ1v) is 5.20. The second kappa shape index (κ2) is 3.90. The van der Waals surface area contributed by atoms with Crippen LogP contribution in [-0.4, -0.2) is 4.57 Å². The summed E-state index contributed by atoms with van der Waals surface area (Å²) in [7, 11) is 0. The first-order chi connectivity index (χ1) is 7.16. The summed E-state index contributed by atoms with van der Waals surface area (Å²) in [6, 6.07) is 10.6. The summed E-state index contributed by atoms with van der Waals surface area (Å²) in [5.41, 5.74) is 6.68. The quantitative estimate of drug-likeness (QED) is 0.859. The van der Waals surface area contributed by atoms with Crippen LogP contribution in [0, 0.1) is 0 Å². The predicted octanol–water partition coefficient (Wildman–Crippen LogP) is 2.18. The third-order valence-corrected chi connectivity index (χ3v) is 2.58. The van der Waals surface area contributed by atoms with Crippen LogP contribution in [0.5, 0.6) is 0 Å². The molecule has 76 valence electrons. The van der Waals surface area contributed by atoms with Crippen molar-refractivity contribution in [2.75, 3.05) is 5.73 Å². The Hall–Kier alpha value is -1.55. The second-order valence-corrected chi connectivity index (χ2v) is 4.06. The molecule has 2 N–H and O–H groups in total. The van der Waals surface area contributed by atoms with Gasteiger partial charge < -0.3 is 5.73 Å². The topological polar surface area (TPSA) is 48.0 Å². The van der Waals surface area contributed by atoms with Crippen LogP contribution in [0.2, 0.25) is 0 Å². The van der Waals surface area contributed by atoms with Gasteiger partial charge in [-0.25, -0.2) is 0 Å². The Morgan fingerprint density at radius 3 is 2.40 bits per heavy atom. The van der Waals surface area contributed by atoms with Gasteiger partial charge in [-0.05, 0) is 30.3 Å². The van der Waals surface area contributed by atoms with Crippen LogP contribution in [0.25, 0.3) is 5.69 Å². The number of rotatable bonds is 1. The molecule has 0 aliphatic carbocycles. The molecule has 2 rings (SSSR count). The molecule has 0 saturated carbocycles. The van der Waals surface area contributed by atoms with E-state index in [9.17, 15) is 4.79 Å². The third-order valence-electron chi connectivity index (χ3n) is 2.05. The molecular weight excluding hydrogens is 256 g/mol. The van der Waals surface area contributed by atoms with E-state index in [1.54, 1.807) is 16.8 Å². The van der Waals surface area contributed by atoms with Crippen LogP contribution in [-0.2, 0) is 0 Å². The van der Waals surface area contributed by atoms with Gasteiger partial charge in [-0.15, -0.1) is 0 Å². The summed E-state index contributed by atoms with van der Waals surface area (Å²) >= 11 is 3.34. The van der Waals surface area contributed by atoms with Gasteiger partial charge in [0.15, 0.2) is 0 Å². The molecule has 0 amide bonds. The molecule has 0 radical (unpaired) electrons. The van der Waals surface area contributed by atoms with E-state index in [-0.39, 0.29) is 5.56 Å². The van der Waals surface area contributed by atoms with E-state index in [1.807, 2.05) is 24.3 Å². The fourth-order valence-electron chi connectivity index (χ4n) is 1.31. The van der Waals surface area contributed by atoms with E-state index in [2.05, 4.69) is 15.9 Å². The molecule has 0 atom stereocenters. The van der Waals surface area contributed by atoms with Crippen LogP contribution in [0.4, 0.5) is 5.69 Å². The lowest BCUT2D eigenvalue weighted by molar-refractivity contribution is 0.992. The Morgan fingerprint density at radius 1 is 1.13 bits per heavy atom. The molecule has 15 heavy (non-hydrogen) atoms. The van der Waals surface area contributed by atoms with Gasteiger partial charge in [-0.2, -0.15) is 0 Å². The molecule has 0 aliphatic rings. The molecule has 2 aromatic rings. The molecule has 1 heterocycles. The average Bonchev–Trinajstić information content (AvgIpc) is 2.20. The summed E-state index contributed by atoms with van der Waals surface area (Å²) in [6.07, 6.45) is 1.67. The van der Waals surface area contributed by atoms with Crippen molar-refractivity contribution in [2.24, 2.45) is 0 Å². The van der Waals surface area contributed by atoms with E-state index < -0.39 is 0 Å². The van der Waals surface area contributed by atoms with Crippen LogP contribution in [0.15, 0.2) is 51.9 Å². The highest BCUT2D eigenvalue weighted by Crippen LogP contribution is 2.12. The zero-order valence-corrected chi connectivity index (χ0v) is 9.44. The van der Waals surface area contributed by atoms with Crippen molar-refractivity contribution in [3.63, 3.8) is 0 Å². The normalized spacial score (nSPS) is 10.2. The fourth-order valence-corrected chi connectivity index (χ4v) is 1.57. The van der Waals surface area contributed by atoms with Crippen LogP contribution >= 0.6 is 15.9 Å². The minimum Gasteiger partial charge on any atom is -0.399 e. The smallest absolute Gasteiger partial charge is 0.257 e. The largest absolute Gasteiger partial charge is 0.399 e. The van der Waals surface area contributed by atoms with Crippen molar-refractivity contribution in [1.29, 1.82) is 0 Å². The molecule has 1 aromatic carbocycles. The first kappa shape index (κ1) is 9.98. The minimum atomic E-state index is -0.127. The molecule has 0 fully saturated rings. The number of anilines is 1. The summed E-state index contributed by atoms with van der Waals surface area (Å²) < 4.78 is 2.53. The van der Waals surface area contributed by atoms with Crippen molar-refractivity contribution in [2.45, 2.75) is 0 Å². The van der Waals surface area contributed by atoms with Gasteiger partial charge in [0.2, 0.25) is 0 Å². The van der Waals surface area contributed by atoms with Crippen LogP contribution in [0.3, 0.4) is 0 Å². The highest BCUT2D eigenvalue weighted by Gasteiger charge is 1.98. The van der Waals surface area contributed by atoms with Gasteiger partial charge >= 0.3 is 0 Å². The Balaban J connectivity index is 2.55. The van der Waals surface area contributed by atoms with Crippen molar-refractivity contribution in [1.82, 2.24) is 4.57 Å². The van der Waals surface area contributed by atoms with E-state index in [4.69, 9.17) is 5.73 Å². The number of benzene rings is 1. The van der Waals surface area contributed by atoms with Crippen molar-refractivity contribution in [3.05, 3.63) is 57.4 Å². The maximum Gasteiger partial charge on any atom is 0.257 e. The maximum absolute atomic E-state index is 11.6. The SMILES string of the molecule is Nc1ccn(-c2ccc(Br)cc2)c(=O)c1. The molecule has 0 bridgehead atoms. The number of hydrogen-bond donors (Lipinski definition) is 1. The summed E-state index contributed by atoms with van der Waals surface area (Å²) in [4.78, 5) is 11.6. The number of pyridine rings is 1. The van der Waals surface area contributed by atoms with Crippen molar-refractivity contribution in [3.8, 4) is 5.69 Å². The molecule has 0 saturated heterocycles. The molecule has 3 nitrogen and oxygen atoms in total. The summed E-state index contributed by atoms with van der Waals surface area (Å²) in [5.74, 6) is 0. The monoisotopic (exact) mass is 264 g/mol. The zero-order chi connectivity index (χ0) is 10.8. The van der Waals surface area contributed by atoms with Gasteiger partial charge in [-0.3, -0.25) is 9.36 Å². The maximum atomic E-state index is 11.6. The Morgan fingerprint density at radius 2 is 1.80 bits per heavy atom. The van der Waals surface area contributed by atoms with Gasteiger partial charge in [0.05, 0.1) is 0 Å². The lowest BCUT2D eigenvalue weighted by Gasteiger charge is -2.05. The summed E-state index contributed by atoms with van der Waals surface area (Å²) in [5, 5.41) is 0. The number of nitrogens with two attached hydrogens (primary N) is 1.